The van der Waals surface area contributed by atoms with Crippen molar-refractivity contribution in [3.63, 3.8) is 0 Å². The van der Waals surface area contributed by atoms with E-state index in [0.717, 1.165) is 5.56 Å². The van der Waals surface area contributed by atoms with Crippen LogP contribution < -0.4 is 25.6 Å². The molecule has 0 fully saturated rings. The smallest absolute Gasteiger partial charge is 0.276 e. The summed E-state index contributed by atoms with van der Waals surface area (Å²) in [6, 6.07) is 11.7. The molecule has 0 aliphatic rings. The Labute approximate surface area is 169 Å². The summed E-state index contributed by atoms with van der Waals surface area (Å²) < 4.78 is 10.6. The molecule has 2 aromatic rings. The summed E-state index contributed by atoms with van der Waals surface area (Å²) in [5.41, 5.74) is 6.52. The molecule has 0 saturated heterocycles. The Hall–Kier alpha value is -3.55. The van der Waals surface area contributed by atoms with Crippen LogP contribution in [0.5, 0.6) is 11.5 Å². The Morgan fingerprint density at radius 3 is 2.28 bits per heavy atom. The SMILES string of the molecule is COc1cc(C)ccc1OCC(=O)NNC(=O)c1ccc(NC(=O)C(C)C)cc1. The molecule has 2 aromatic carbocycles. The van der Waals surface area contributed by atoms with Crippen LogP contribution in [-0.2, 0) is 9.59 Å². The second-order valence-corrected chi connectivity index (χ2v) is 6.67. The van der Waals surface area contributed by atoms with Crippen LogP contribution in [-0.4, -0.2) is 31.4 Å². The quantitative estimate of drug-likeness (QED) is 0.620. The van der Waals surface area contributed by atoms with Crippen molar-refractivity contribution in [1.82, 2.24) is 10.9 Å². The summed E-state index contributed by atoms with van der Waals surface area (Å²) in [5.74, 6) is -0.324. The number of carbonyl (C=O) groups excluding carboxylic acids is 3. The van der Waals surface area contributed by atoms with Crippen LogP contribution >= 0.6 is 0 Å². The van der Waals surface area contributed by atoms with E-state index >= 15 is 0 Å². The molecule has 0 unspecified atom stereocenters. The number of amides is 3. The number of hydrogen-bond donors (Lipinski definition) is 3. The van der Waals surface area contributed by atoms with E-state index in [-0.39, 0.29) is 18.4 Å². The largest absolute Gasteiger partial charge is 0.493 e. The Morgan fingerprint density at radius 1 is 0.966 bits per heavy atom. The molecule has 154 valence electrons. The van der Waals surface area contributed by atoms with Gasteiger partial charge in [-0.1, -0.05) is 19.9 Å². The minimum atomic E-state index is -0.526. The van der Waals surface area contributed by atoms with Crippen LogP contribution in [0.15, 0.2) is 42.5 Å². The molecule has 2 rings (SSSR count). The van der Waals surface area contributed by atoms with Gasteiger partial charge in [-0.25, -0.2) is 0 Å². The van der Waals surface area contributed by atoms with E-state index in [0.29, 0.717) is 22.7 Å². The van der Waals surface area contributed by atoms with Gasteiger partial charge < -0.3 is 14.8 Å². The first kappa shape index (κ1) is 21.7. The van der Waals surface area contributed by atoms with E-state index < -0.39 is 11.8 Å². The van der Waals surface area contributed by atoms with Gasteiger partial charge in [-0.2, -0.15) is 0 Å². The molecule has 0 bridgehead atoms. The number of hydrogen-bond acceptors (Lipinski definition) is 5. The highest BCUT2D eigenvalue weighted by atomic mass is 16.5. The van der Waals surface area contributed by atoms with Gasteiger partial charge in [0.05, 0.1) is 7.11 Å². The minimum absolute atomic E-state index is 0.111. The van der Waals surface area contributed by atoms with Gasteiger partial charge in [0.15, 0.2) is 18.1 Å². The molecule has 0 aromatic heterocycles. The van der Waals surface area contributed by atoms with Crippen LogP contribution in [0.2, 0.25) is 0 Å². The summed E-state index contributed by atoms with van der Waals surface area (Å²) in [6.45, 7) is 5.20. The van der Waals surface area contributed by atoms with Gasteiger partial charge in [-0.05, 0) is 48.9 Å². The summed E-state index contributed by atoms with van der Waals surface area (Å²) in [5, 5.41) is 2.74. The summed E-state index contributed by atoms with van der Waals surface area (Å²) in [6.07, 6.45) is 0. The fraction of sp³-hybridized carbons (Fsp3) is 0.286. The lowest BCUT2D eigenvalue weighted by molar-refractivity contribution is -0.124. The maximum atomic E-state index is 12.1. The van der Waals surface area contributed by atoms with Crippen LogP contribution in [0.25, 0.3) is 0 Å². The zero-order chi connectivity index (χ0) is 21.4. The Balaban J connectivity index is 1.82. The first-order valence-corrected chi connectivity index (χ1v) is 9.07. The Bertz CT molecular complexity index is 878. The van der Waals surface area contributed by atoms with Crippen molar-refractivity contribution in [2.24, 2.45) is 5.92 Å². The van der Waals surface area contributed by atoms with Crippen molar-refractivity contribution >= 4 is 23.4 Å². The molecular formula is C21H25N3O5. The molecule has 0 aliphatic carbocycles. The second-order valence-electron chi connectivity index (χ2n) is 6.67. The highest BCUT2D eigenvalue weighted by Gasteiger charge is 2.11. The highest BCUT2D eigenvalue weighted by molar-refractivity contribution is 5.97. The molecule has 0 saturated carbocycles. The number of nitrogens with one attached hydrogen (secondary N) is 3. The molecule has 0 radical (unpaired) electrons. The molecular weight excluding hydrogens is 374 g/mol. The van der Waals surface area contributed by atoms with Crippen molar-refractivity contribution in [1.29, 1.82) is 0 Å². The topological polar surface area (TPSA) is 106 Å². The third-order valence-corrected chi connectivity index (χ3v) is 3.93. The van der Waals surface area contributed by atoms with Crippen molar-refractivity contribution in [2.45, 2.75) is 20.8 Å². The number of rotatable bonds is 7. The predicted molar refractivity (Wildman–Crippen MR) is 109 cm³/mol. The van der Waals surface area contributed by atoms with E-state index in [1.165, 1.54) is 7.11 Å². The van der Waals surface area contributed by atoms with Gasteiger partial charge in [-0.15, -0.1) is 0 Å². The molecule has 0 heterocycles. The van der Waals surface area contributed by atoms with Gasteiger partial charge >= 0.3 is 0 Å². The minimum Gasteiger partial charge on any atom is -0.493 e. The number of ether oxygens (including phenoxy) is 2. The predicted octanol–water partition coefficient (Wildman–Crippen LogP) is 2.44. The Kier molecular flexibility index (Phi) is 7.59. The maximum absolute atomic E-state index is 12.1. The lowest BCUT2D eigenvalue weighted by Crippen LogP contribution is -2.43. The average molecular weight is 399 g/mol. The molecule has 0 atom stereocenters. The van der Waals surface area contributed by atoms with Crippen molar-refractivity contribution in [2.75, 3.05) is 19.0 Å². The van der Waals surface area contributed by atoms with E-state index in [1.54, 1.807) is 50.2 Å². The van der Waals surface area contributed by atoms with Gasteiger partial charge in [0.25, 0.3) is 11.8 Å². The van der Waals surface area contributed by atoms with Gasteiger partial charge in [0.2, 0.25) is 5.91 Å². The van der Waals surface area contributed by atoms with E-state index in [4.69, 9.17) is 9.47 Å². The third-order valence-electron chi connectivity index (χ3n) is 3.93. The monoisotopic (exact) mass is 399 g/mol. The molecule has 8 nitrogen and oxygen atoms in total. The first-order chi connectivity index (χ1) is 13.8. The number of benzene rings is 2. The summed E-state index contributed by atoms with van der Waals surface area (Å²) in [7, 11) is 1.52. The number of hydrazine groups is 1. The molecule has 0 aliphatic heterocycles. The lowest BCUT2D eigenvalue weighted by Gasteiger charge is -2.12. The summed E-state index contributed by atoms with van der Waals surface area (Å²) >= 11 is 0. The zero-order valence-corrected chi connectivity index (χ0v) is 16.9. The Morgan fingerprint density at radius 2 is 1.66 bits per heavy atom. The van der Waals surface area contributed by atoms with E-state index in [9.17, 15) is 14.4 Å². The first-order valence-electron chi connectivity index (χ1n) is 9.07. The molecule has 3 amide bonds. The highest BCUT2D eigenvalue weighted by Crippen LogP contribution is 2.27. The normalized spacial score (nSPS) is 10.2. The van der Waals surface area contributed by atoms with Crippen LogP contribution in [0.1, 0.15) is 29.8 Å². The van der Waals surface area contributed by atoms with E-state index in [1.807, 2.05) is 13.0 Å². The molecule has 8 heteroatoms. The van der Waals surface area contributed by atoms with Crippen LogP contribution in [0.3, 0.4) is 0 Å². The number of carbonyl (C=O) groups is 3. The second kappa shape index (κ2) is 10.1. The van der Waals surface area contributed by atoms with Crippen molar-refractivity contribution in [3.8, 4) is 11.5 Å². The van der Waals surface area contributed by atoms with E-state index in [2.05, 4.69) is 16.2 Å². The van der Waals surface area contributed by atoms with Crippen LogP contribution in [0, 0.1) is 12.8 Å². The molecule has 0 spiro atoms. The summed E-state index contributed by atoms with van der Waals surface area (Å²) in [4.78, 5) is 35.7. The molecule has 3 N–H and O–H groups in total. The zero-order valence-electron chi connectivity index (χ0n) is 16.9. The number of aryl methyl sites for hydroxylation is 1. The van der Waals surface area contributed by atoms with Gasteiger partial charge in [-0.3, -0.25) is 25.2 Å². The van der Waals surface area contributed by atoms with Crippen molar-refractivity contribution < 1.29 is 23.9 Å². The fourth-order valence-electron chi connectivity index (χ4n) is 2.26. The van der Waals surface area contributed by atoms with Crippen molar-refractivity contribution in [3.05, 3.63) is 53.6 Å². The number of methoxy groups -OCH3 is 1. The number of anilines is 1. The standard InChI is InChI=1S/C21H25N3O5/c1-13(2)20(26)22-16-8-6-15(7-9-16)21(27)24-23-19(25)12-29-17-10-5-14(3)11-18(17)28-4/h5-11,13H,12H2,1-4H3,(H,22,26)(H,23,25)(H,24,27). The lowest BCUT2D eigenvalue weighted by atomic mass is 10.1. The maximum Gasteiger partial charge on any atom is 0.276 e. The third kappa shape index (κ3) is 6.53. The average Bonchev–Trinajstić information content (AvgIpc) is 2.71. The van der Waals surface area contributed by atoms with Gasteiger partial charge in [0, 0.05) is 17.2 Å². The molecule has 29 heavy (non-hydrogen) atoms. The fourth-order valence-corrected chi connectivity index (χ4v) is 2.26. The van der Waals surface area contributed by atoms with Gasteiger partial charge in [0.1, 0.15) is 0 Å². The van der Waals surface area contributed by atoms with Crippen LogP contribution in [0.4, 0.5) is 5.69 Å².